The van der Waals surface area contributed by atoms with Gasteiger partial charge in [-0.05, 0) is 80.5 Å². The topological polar surface area (TPSA) is 188 Å². The molecule has 16 nitrogen and oxygen atoms in total. The Balaban J connectivity index is 0.00000105. The Kier molecular flexibility index (Phi) is 17.7. The molecule has 1 saturated heterocycles. The molecule has 1 atom stereocenters. The number of aliphatic carboxylic acids is 1. The smallest absolute Gasteiger partial charge is 0.490 e. The van der Waals surface area contributed by atoms with Crippen molar-refractivity contribution in [1.29, 1.82) is 0 Å². The summed E-state index contributed by atoms with van der Waals surface area (Å²) in [5, 5.41) is 19.0. The summed E-state index contributed by atoms with van der Waals surface area (Å²) >= 11 is 12.7. The van der Waals surface area contributed by atoms with E-state index in [2.05, 4.69) is 14.5 Å². The summed E-state index contributed by atoms with van der Waals surface area (Å²) in [7, 11) is -1.71. The molecule has 1 N–H and O–H groups in total. The standard InChI is InChI=1S/C39H46Cl2F2N4O10S.C2HF3O2/c1-44-11-13-45(14-12-44)15-16-47(58(2,51)52)32-9-7-28(18-35(32)53-22-25-3-4-25)38(49)55-24-37(48)56-34(19-29-30(40)20-46(50)21-31(29)41)27-8-10-33(57-39(42)43)36(17-27)54-23-26-5-6-26;3-2(4,5)1(6)7/h7-10,17-18,20-21,25-26,34,39H,3-6,11-16,19,22-24H2,1-2H3;(H,6,7)/t34-;/m0./s1. The molecule has 2 aliphatic carbocycles. The number of sulfonamides is 1. The van der Waals surface area contributed by atoms with Gasteiger partial charge in [0.05, 0.1) is 30.7 Å². The molecule has 0 radical (unpaired) electrons. The average Bonchev–Trinajstić information content (AvgIpc) is 4.17. The molecule has 3 aromatic rings. The summed E-state index contributed by atoms with van der Waals surface area (Å²) in [5.74, 6) is -4.09. The van der Waals surface area contributed by atoms with Gasteiger partial charge in [0.2, 0.25) is 10.0 Å². The lowest BCUT2D eigenvalue weighted by Gasteiger charge is -2.34. The van der Waals surface area contributed by atoms with Crippen LogP contribution in [0.25, 0.3) is 0 Å². The van der Waals surface area contributed by atoms with Crippen molar-refractivity contribution >= 4 is 56.8 Å². The van der Waals surface area contributed by atoms with Crippen molar-refractivity contribution in [2.75, 3.05) is 76.7 Å². The molecule has 6 rings (SSSR count). The highest BCUT2D eigenvalue weighted by molar-refractivity contribution is 7.92. The van der Waals surface area contributed by atoms with Gasteiger partial charge in [-0.3, -0.25) is 9.21 Å². The second-order valence-electron chi connectivity index (χ2n) is 15.6. The number of carboxylic acids is 1. The van der Waals surface area contributed by atoms with Crippen molar-refractivity contribution in [3.05, 3.63) is 80.7 Å². The number of nitrogens with zero attached hydrogens (tertiary/aromatic N) is 4. The van der Waals surface area contributed by atoms with Gasteiger partial charge in [-0.25, -0.2) is 22.8 Å². The molecule has 65 heavy (non-hydrogen) atoms. The maximum atomic E-state index is 13.4. The van der Waals surface area contributed by atoms with Gasteiger partial charge in [-0.15, -0.1) is 0 Å². The zero-order valence-corrected chi connectivity index (χ0v) is 37.4. The molecule has 1 aromatic heterocycles. The lowest BCUT2D eigenvalue weighted by molar-refractivity contribution is -0.605. The van der Waals surface area contributed by atoms with E-state index in [1.54, 1.807) is 0 Å². The quantitative estimate of drug-likeness (QED) is 0.0589. The van der Waals surface area contributed by atoms with Gasteiger partial charge in [-0.1, -0.05) is 29.3 Å². The third kappa shape index (κ3) is 16.2. The molecule has 2 heterocycles. The van der Waals surface area contributed by atoms with Crippen LogP contribution in [0.5, 0.6) is 17.2 Å². The predicted molar refractivity (Wildman–Crippen MR) is 224 cm³/mol. The maximum Gasteiger partial charge on any atom is 0.490 e. The van der Waals surface area contributed by atoms with E-state index in [4.69, 9.17) is 52.1 Å². The number of aromatic nitrogens is 1. The van der Waals surface area contributed by atoms with Crippen LogP contribution in [-0.4, -0.2) is 126 Å². The van der Waals surface area contributed by atoms with Crippen LogP contribution in [0.1, 0.15) is 53.3 Å². The zero-order valence-electron chi connectivity index (χ0n) is 35.1. The molecular weight excluding hydrogens is 938 g/mol. The van der Waals surface area contributed by atoms with Crippen molar-refractivity contribution in [2.24, 2.45) is 11.8 Å². The lowest BCUT2D eigenvalue weighted by Crippen LogP contribution is -2.47. The number of ether oxygens (including phenoxy) is 5. The third-order valence-corrected chi connectivity index (χ3v) is 12.1. The molecule has 0 bridgehead atoms. The van der Waals surface area contributed by atoms with Crippen LogP contribution in [0.2, 0.25) is 10.0 Å². The number of rotatable bonds is 20. The minimum absolute atomic E-state index is 0.00300. The van der Waals surface area contributed by atoms with Gasteiger partial charge in [0.25, 0.3) is 0 Å². The number of likely N-dealkylation sites (N-methyl/N-ethyl adjacent to an activating group) is 1. The van der Waals surface area contributed by atoms with E-state index in [-0.39, 0.29) is 75.2 Å². The Hall–Kier alpha value is -4.90. The van der Waals surface area contributed by atoms with Crippen LogP contribution in [0.4, 0.5) is 27.6 Å². The van der Waals surface area contributed by atoms with Gasteiger partial charge in [0, 0.05) is 51.3 Å². The lowest BCUT2D eigenvalue weighted by atomic mass is 10.0. The molecule has 3 aliphatic rings. The third-order valence-electron chi connectivity index (χ3n) is 10.3. The summed E-state index contributed by atoms with van der Waals surface area (Å²) in [4.78, 5) is 40.0. The number of carboxylic acid groups (broad SMARTS) is 1. The molecule has 3 fully saturated rings. The van der Waals surface area contributed by atoms with Crippen molar-refractivity contribution in [1.82, 2.24) is 9.80 Å². The SMILES string of the molecule is CN1CCN(CCN(c2ccc(C(=O)OCC(=O)O[C@@H](Cc3c(Cl)c[n+]([O-])cc3Cl)c3ccc(OC(F)F)c(OCC4CC4)c3)cc2OCC2CC2)S(C)(=O)=O)CC1.O=C(O)C(F)(F)F. The highest BCUT2D eigenvalue weighted by Crippen LogP contribution is 2.39. The molecule has 1 aliphatic heterocycles. The Bertz CT molecular complexity index is 2240. The number of esters is 2. The van der Waals surface area contributed by atoms with Gasteiger partial charge < -0.3 is 38.9 Å². The number of carbonyl (C=O) groups is 3. The summed E-state index contributed by atoms with van der Waals surface area (Å²) < 4.78 is 114. The first kappa shape index (κ1) is 51.1. The predicted octanol–water partition coefficient (Wildman–Crippen LogP) is 6.14. The highest BCUT2D eigenvalue weighted by atomic mass is 35.5. The maximum absolute atomic E-state index is 13.4. The molecule has 0 amide bonds. The number of pyridine rings is 1. The Labute approximate surface area is 381 Å². The fraction of sp³-hybridized carbons (Fsp3) is 0.512. The first-order chi connectivity index (χ1) is 30.6. The van der Waals surface area contributed by atoms with Crippen LogP contribution in [0, 0.1) is 17.0 Å². The van der Waals surface area contributed by atoms with E-state index >= 15 is 0 Å². The minimum atomic E-state index is -5.08. The fourth-order valence-electron chi connectivity index (χ4n) is 6.29. The van der Waals surface area contributed by atoms with Crippen LogP contribution in [0.15, 0.2) is 48.8 Å². The number of hydrogen-bond donors (Lipinski definition) is 1. The van der Waals surface area contributed by atoms with Crippen molar-refractivity contribution < 1.29 is 78.3 Å². The summed E-state index contributed by atoms with van der Waals surface area (Å²) in [5.41, 5.74) is 0.827. The number of halogens is 7. The number of alkyl halides is 5. The first-order valence-corrected chi connectivity index (χ1v) is 22.8. The zero-order chi connectivity index (χ0) is 47.6. The monoisotopic (exact) mass is 984 g/mol. The van der Waals surface area contributed by atoms with Crippen LogP contribution >= 0.6 is 23.2 Å². The van der Waals surface area contributed by atoms with Gasteiger partial charge in [-0.2, -0.15) is 26.7 Å². The van der Waals surface area contributed by atoms with Gasteiger partial charge >= 0.3 is 30.7 Å². The molecule has 0 spiro atoms. The van der Waals surface area contributed by atoms with E-state index in [9.17, 15) is 45.2 Å². The van der Waals surface area contributed by atoms with Crippen molar-refractivity contribution in [2.45, 2.75) is 51.0 Å². The largest absolute Gasteiger partial charge is 0.619 e. The Morgan fingerprint density at radius 1 is 0.923 bits per heavy atom. The molecule has 24 heteroatoms. The van der Waals surface area contributed by atoms with Gasteiger partial charge in [0.15, 0.2) is 30.5 Å². The van der Waals surface area contributed by atoms with E-state index in [1.165, 1.54) is 40.7 Å². The number of hydrogen-bond acceptors (Lipinski definition) is 13. The molecule has 0 unspecified atom stereocenters. The van der Waals surface area contributed by atoms with E-state index in [1.807, 2.05) is 7.05 Å². The number of benzene rings is 2. The molecule has 2 aromatic carbocycles. The van der Waals surface area contributed by atoms with Gasteiger partial charge in [0.1, 0.15) is 21.9 Å². The Morgan fingerprint density at radius 2 is 1.51 bits per heavy atom. The highest BCUT2D eigenvalue weighted by Gasteiger charge is 2.38. The van der Waals surface area contributed by atoms with Crippen LogP contribution in [0.3, 0.4) is 0 Å². The number of anilines is 1. The molecular formula is C41H47Cl2F5N4O12S. The number of piperazine rings is 1. The Morgan fingerprint density at radius 3 is 2.05 bits per heavy atom. The number of carbonyl (C=O) groups excluding carboxylic acids is 2. The molecule has 2 saturated carbocycles. The second-order valence-corrected chi connectivity index (χ2v) is 18.3. The average molecular weight is 986 g/mol. The normalized spacial score (nSPS) is 16.2. The molecule has 358 valence electrons. The minimum Gasteiger partial charge on any atom is -0.619 e. The van der Waals surface area contributed by atoms with Crippen molar-refractivity contribution in [3.8, 4) is 17.2 Å². The fourth-order valence-corrected chi connectivity index (χ4v) is 7.81. The first-order valence-electron chi connectivity index (χ1n) is 20.2. The van der Waals surface area contributed by atoms with Crippen molar-refractivity contribution in [3.63, 3.8) is 0 Å². The van der Waals surface area contributed by atoms with Crippen LogP contribution in [-0.2, 0) is 35.5 Å². The summed E-state index contributed by atoms with van der Waals surface area (Å²) in [6, 6.07) is 8.35. The van der Waals surface area contributed by atoms with E-state index in [0.29, 0.717) is 23.8 Å². The summed E-state index contributed by atoms with van der Waals surface area (Å²) in [6.45, 7) is 0.667. The summed E-state index contributed by atoms with van der Waals surface area (Å²) in [6.07, 6.45) is 0.662. The van der Waals surface area contributed by atoms with Crippen LogP contribution < -0.4 is 23.2 Å². The van der Waals surface area contributed by atoms with E-state index < -0.39 is 53.4 Å². The second kappa shape index (κ2) is 22.5. The van der Waals surface area contributed by atoms with E-state index in [0.717, 1.165) is 70.5 Å².